The molecule has 4 heteroatoms. The summed E-state index contributed by atoms with van der Waals surface area (Å²) in [5.41, 5.74) is -1.01. The average Bonchev–Trinajstić information content (AvgIpc) is 1.73. The van der Waals surface area contributed by atoms with Crippen LogP contribution >= 0.6 is 8.69 Å². The van der Waals surface area contributed by atoms with Crippen LogP contribution in [0.2, 0.25) is 0 Å². The molecular weight excluding hydrogens is 154 g/mol. The van der Waals surface area contributed by atoms with Crippen LogP contribution in [0.15, 0.2) is 0 Å². The molecule has 0 unspecified atom stereocenters. The zero-order valence-electron chi connectivity index (χ0n) is 6.64. The van der Waals surface area contributed by atoms with Crippen LogP contribution in [0, 0.1) is 0 Å². The third kappa shape index (κ3) is 1.18. The molecule has 0 N–H and O–H groups in total. The minimum Gasteiger partial charge on any atom is -0.300 e. The number of rotatable bonds is 0. The van der Waals surface area contributed by atoms with Gasteiger partial charge in [-0.1, -0.05) is 0 Å². The number of hydrogen-bond donors (Lipinski definition) is 0. The van der Waals surface area contributed by atoms with Crippen LogP contribution in [0.1, 0.15) is 27.7 Å². The van der Waals surface area contributed by atoms with Crippen molar-refractivity contribution in [3.05, 3.63) is 0 Å². The van der Waals surface area contributed by atoms with Gasteiger partial charge in [-0.15, -0.1) is 0 Å². The van der Waals surface area contributed by atoms with E-state index in [1.165, 1.54) is 0 Å². The summed E-state index contributed by atoms with van der Waals surface area (Å²) in [6.45, 7) is 7.31. The van der Waals surface area contributed by atoms with Crippen molar-refractivity contribution >= 4 is 8.69 Å². The SMILES string of the molecule is CC1(C)OP(F)OC1(C)C. The van der Waals surface area contributed by atoms with Gasteiger partial charge in [0.25, 0.3) is 0 Å². The van der Waals surface area contributed by atoms with Crippen LogP contribution in [0.5, 0.6) is 0 Å². The lowest BCUT2D eigenvalue weighted by Gasteiger charge is -2.29. The Labute approximate surface area is 61.7 Å². The molecule has 0 spiro atoms. The Bertz CT molecular complexity index is 131. The predicted molar refractivity (Wildman–Crippen MR) is 38.4 cm³/mol. The van der Waals surface area contributed by atoms with E-state index < -0.39 is 19.9 Å². The Balaban J connectivity index is 2.78. The first-order valence-corrected chi connectivity index (χ1v) is 4.26. The van der Waals surface area contributed by atoms with Crippen LogP contribution in [-0.2, 0) is 9.05 Å². The topological polar surface area (TPSA) is 18.5 Å². The van der Waals surface area contributed by atoms with Gasteiger partial charge in [-0.25, -0.2) is 0 Å². The van der Waals surface area contributed by atoms with Crippen molar-refractivity contribution in [3.63, 3.8) is 0 Å². The highest BCUT2D eigenvalue weighted by Crippen LogP contribution is 2.58. The van der Waals surface area contributed by atoms with Crippen molar-refractivity contribution in [2.75, 3.05) is 0 Å². The molecule has 0 saturated carbocycles. The Kier molecular flexibility index (Phi) is 1.78. The lowest BCUT2D eigenvalue weighted by Crippen LogP contribution is -2.41. The Morgan fingerprint density at radius 3 is 1.40 bits per heavy atom. The summed E-state index contributed by atoms with van der Waals surface area (Å²) >= 11 is 0. The summed E-state index contributed by atoms with van der Waals surface area (Å²) in [4.78, 5) is 0. The Morgan fingerprint density at radius 2 is 1.30 bits per heavy atom. The summed E-state index contributed by atoms with van der Waals surface area (Å²) in [6, 6.07) is 0. The van der Waals surface area contributed by atoms with Crippen molar-refractivity contribution in [1.29, 1.82) is 0 Å². The zero-order valence-corrected chi connectivity index (χ0v) is 7.54. The molecule has 1 saturated heterocycles. The molecule has 1 rings (SSSR count). The lowest BCUT2D eigenvalue weighted by molar-refractivity contribution is 0.00578. The number of halogens is 1. The van der Waals surface area contributed by atoms with Crippen molar-refractivity contribution in [2.45, 2.75) is 38.9 Å². The van der Waals surface area contributed by atoms with Crippen LogP contribution in [-0.4, -0.2) is 11.2 Å². The van der Waals surface area contributed by atoms with E-state index >= 15 is 0 Å². The van der Waals surface area contributed by atoms with E-state index in [-0.39, 0.29) is 0 Å². The molecule has 1 heterocycles. The van der Waals surface area contributed by atoms with Crippen molar-refractivity contribution in [3.8, 4) is 0 Å². The van der Waals surface area contributed by atoms with Crippen molar-refractivity contribution < 1.29 is 13.2 Å². The van der Waals surface area contributed by atoms with Crippen LogP contribution in [0.4, 0.5) is 4.20 Å². The monoisotopic (exact) mass is 166 g/mol. The fourth-order valence-electron chi connectivity index (χ4n) is 0.597. The van der Waals surface area contributed by atoms with Crippen LogP contribution in [0.25, 0.3) is 0 Å². The van der Waals surface area contributed by atoms with Gasteiger partial charge in [0.05, 0.1) is 0 Å². The van der Waals surface area contributed by atoms with E-state index in [1.807, 2.05) is 27.7 Å². The smallest absolute Gasteiger partial charge is 0.300 e. The lowest BCUT2D eigenvalue weighted by atomic mass is 9.90. The maximum atomic E-state index is 12.5. The first-order valence-electron chi connectivity index (χ1n) is 3.19. The summed E-state index contributed by atoms with van der Waals surface area (Å²) in [7, 11) is -2.14. The minimum atomic E-state index is -2.14. The van der Waals surface area contributed by atoms with Gasteiger partial charge in [-0.2, -0.15) is 4.20 Å². The first-order chi connectivity index (χ1) is 4.35. The maximum absolute atomic E-state index is 12.5. The molecule has 1 aliphatic rings. The van der Waals surface area contributed by atoms with Crippen molar-refractivity contribution in [1.82, 2.24) is 0 Å². The van der Waals surface area contributed by atoms with Gasteiger partial charge in [0, 0.05) is 0 Å². The molecule has 0 aromatic heterocycles. The highest BCUT2D eigenvalue weighted by molar-refractivity contribution is 7.41. The minimum absolute atomic E-state index is 0.506. The Hall–Kier alpha value is 0.280. The van der Waals surface area contributed by atoms with Gasteiger partial charge in [0.15, 0.2) is 0 Å². The van der Waals surface area contributed by atoms with Crippen molar-refractivity contribution in [2.24, 2.45) is 0 Å². The summed E-state index contributed by atoms with van der Waals surface area (Å²) < 4.78 is 22.4. The fraction of sp³-hybridized carbons (Fsp3) is 1.00. The molecule has 0 atom stereocenters. The van der Waals surface area contributed by atoms with Gasteiger partial charge < -0.3 is 0 Å². The molecule has 2 nitrogen and oxygen atoms in total. The molecule has 1 fully saturated rings. The first kappa shape index (κ1) is 8.38. The van der Waals surface area contributed by atoms with E-state index in [0.29, 0.717) is 0 Å². The largest absolute Gasteiger partial charge is 0.376 e. The Morgan fingerprint density at radius 1 is 1.00 bits per heavy atom. The van der Waals surface area contributed by atoms with Gasteiger partial charge >= 0.3 is 8.69 Å². The molecule has 0 aliphatic carbocycles. The van der Waals surface area contributed by atoms with E-state index in [0.717, 1.165) is 0 Å². The molecule has 1 aliphatic heterocycles. The maximum Gasteiger partial charge on any atom is 0.376 e. The zero-order chi connectivity index (χ0) is 7.99. The van der Waals surface area contributed by atoms with Crippen LogP contribution < -0.4 is 0 Å². The van der Waals surface area contributed by atoms with E-state index in [2.05, 4.69) is 0 Å². The summed E-state index contributed by atoms with van der Waals surface area (Å²) in [6.07, 6.45) is 0. The van der Waals surface area contributed by atoms with E-state index in [1.54, 1.807) is 0 Å². The second-order valence-electron chi connectivity index (χ2n) is 3.42. The molecule has 10 heavy (non-hydrogen) atoms. The normalized spacial score (nSPS) is 30.9. The molecule has 0 aromatic rings. The van der Waals surface area contributed by atoms with E-state index in [4.69, 9.17) is 9.05 Å². The summed E-state index contributed by atoms with van der Waals surface area (Å²) in [5.74, 6) is 0. The predicted octanol–water partition coefficient (Wildman–Crippen LogP) is 2.79. The molecule has 0 bridgehead atoms. The molecule has 0 aromatic carbocycles. The van der Waals surface area contributed by atoms with Crippen LogP contribution in [0.3, 0.4) is 0 Å². The molecule has 0 radical (unpaired) electrons. The highest BCUT2D eigenvalue weighted by Gasteiger charge is 2.50. The van der Waals surface area contributed by atoms with Gasteiger partial charge in [-0.05, 0) is 27.7 Å². The van der Waals surface area contributed by atoms with Gasteiger partial charge in [-0.3, -0.25) is 9.05 Å². The quantitative estimate of drug-likeness (QED) is 0.515. The molecule has 0 amide bonds. The third-order valence-corrected chi connectivity index (χ3v) is 3.25. The van der Waals surface area contributed by atoms with E-state index in [9.17, 15) is 4.20 Å². The van der Waals surface area contributed by atoms with Gasteiger partial charge in [0.1, 0.15) is 11.2 Å². The molecule has 60 valence electrons. The molecular formula is C6H12FO2P. The average molecular weight is 166 g/mol. The van der Waals surface area contributed by atoms with Gasteiger partial charge in [0.2, 0.25) is 0 Å². The second kappa shape index (κ2) is 2.13. The fourth-order valence-corrected chi connectivity index (χ4v) is 1.79. The highest BCUT2D eigenvalue weighted by atomic mass is 31.2. The summed E-state index contributed by atoms with van der Waals surface area (Å²) in [5, 5.41) is 0. The second-order valence-corrected chi connectivity index (χ2v) is 4.21. The standard InChI is InChI=1S/C6H12FO2P/c1-5(2)6(3,4)9-10(7)8-5/h1-4H3. The third-order valence-electron chi connectivity index (χ3n) is 2.05. The number of hydrogen-bond acceptors (Lipinski definition) is 2.